The van der Waals surface area contributed by atoms with Crippen molar-refractivity contribution in [1.29, 1.82) is 0 Å². The van der Waals surface area contributed by atoms with Crippen molar-refractivity contribution in [3.05, 3.63) is 59.2 Å². The smallest absolute Gasteiger partial charge is 0.305 e. The summed E-state index contributed by atoms with van der Waals surface area (Å²) in [4.78, 5) is 22.4. The fourth-order valence-electron chi connectivity index (χ4n) is 3.91. The molecule has 0 atom stereocenters. The molecule has 0 bridgehead atoms. The van der Waals surface area contributed by atoms with Crippen molar-refractivity contribution in [2.45, 2.75) is 49.5 Å². The van der Waals surface area contributed by atoms with E-state index >= 15 is 0 Å². The second-order valence-electron chi connectivity index (χ2n) is 8.35. The normalized spacial score (nSPS) is 17.8. The molecule has 0 unspecified atom stereocenters. The highest BCUT2D eigenvalue weighted by molar-refractivity contribution is 7.89. The molecule has 0 aromatic heterocycles. The van der Waals surface area contributed by atoms with Gasteiger partial charge in [0, 0.05) is 36.6 Å². The van der Waals surface area contributed by atoms with Crippen LogP contribution in [0.4, 0.5) is 5.69 Å². The molecule has 3 rings (SSSR count). The third kappa shape index (κ3) is 6.92. The van der Waals surface area contributed by atoms with Crippen LogP contribution >= 0.6 is 0 Å². The number of esters is 1. The van der Waals surface area contributed by atoms with Crippen molar-refractivity contribution < 1.29 is 22.7 Å². The van der Waals surface area contributed by atoms with E-state index in [1.54, 1.807) is 25.2 Å². The molecule has 7 nitrogen and oxygen atoms in total. The summed E-state index contributed by atoms with van der Waals surface area (Å²) in [5.41, 5.74) is 3.14. The van der Waals surface area contributed by atoms with Gasteiger partial charge in [-0.2, -0.15) is 0 Å². The summed E-state index contributed by atoms with van der Waals surface area (Å²) in [7, 11) is -0.580. The van der Waals surface area contributed by atoms with Gasteiger partial charge in [-0.3, -0.25) is 4.79 Å². The number of hydrogen-bond acceptors (Lipinski definition) is 6. The number of benzene rings is 2. The first-order chi connectivity index (χ1) is 16.3. The summed E-state index contributed by atoms with van der Waals surface area (Å²) in [6.45, 7) is 0. The van der Waals surface area contributed by atoms with Gasteiger partial charge >= 0.3 is 5.97 Å². The summed E-state index contributed by atoms with van der Waals surface area (Å²) in [5.74, 6) is 5.98. The van der Waals surface area contributed by atoms with Crippen molar-refractivity contribution >= 4 is 28.0 Å². The molecule has 0 saturated heterocycles. The Hall–Kier alpha value is -3.15. The standard InChI is InChI=1S/C26H30N2O5S/c1-27-25-17-24(34(31,32)28-23-13-8-21(18-29)9-14-23)15-12-22(25)11-7-19-3-5-20(6-4-19)10-16-26(30)33-2/h3-6,12,15,17-18,21,23,27-28H,8-10,13-14,16H2,1-2H3. The number of hydrogen-bond donors (Lipinski definition) is 2. The molecule has 2 aromatic rings. The van der Waals surface area contributed by atoms with Crippen LogP contribution in [0.25, 0.3) is 0 Å². The van der Waals surface area contributed by atoms with Crippen LogP contribution in [0.2, 0.25) is 0 Å². The molecule has 2 aromatic carbocycles. The number of methoxy groups -OCH3 is 1. The predicted molar refractivity (Wildman–Crippen MR) is 131 cm³/mol. The maximum atomic E-state index is 12.9. The van der Waals surface area contributed by atoms with Gasteiger partial charge in [-0.25, -0.2) is 13.1 Å². The summed E-state index contributed by atoms with van der Waals surface area (Å²) in [6, 6.07) is 12.3. The lowest BCUT2D eigenvalue weighted by molar-refractivity contribution is -0.140. The van der Waals surface area contributed by atoms with E-state index in [2.05, 4.69) is 26.6 Å². The Balaban J connectivity index is 1.69. The van der Waals surface area contributed by atoms with Crippen LogP contribution in [-0.4, -0.2) is 40.9 Å². The van der Waals surface area contributed by atoms with E-state index in [4.69, 9.17) is 0 Å². The van der Waals surface area contributed by atoms with Gasteiger partial charge < -0.3 is 14.8 Å². The summed E-state index contributed by atoms with van der Waals surface area (Å²) >= 11 is 0. The lowest BCUT2D eigenvalue weighted by Crippen LogP contribution is -2.37. The number of carbonyl (C=O) groups excluding carboxylic acids is 2. The Kier molecular flexibility index (Phi) is 8.85. The number of ether oxygens (including phenoxy) is 1. The van der Waals surface area contributed by atoms with Crippen LogP contribution < -0.4 is 10.0 Å². The largest absolute Gasteiger partial charge is 0.469 e. The zero-order valence-electron chi connectivity index (χ0n) is 19.5. The Morgan fingerprint density at radius 2 is 1.79 bits per heavy atom. The Morgan fingerprint density at radius 1 is 1.09 bits per heavy atom. The zero-order chi connectivity index (χ0) is 24.6. The van der Waals surface area contributed by atoms with Gasteiger partial charge in [0.1, 0.15) is 6.29 Å². The quantitative estimate of drug-likeness (QED) is 0.340. The predicted octanol–water partition coefficient (Wildman–Crippen LogP) is 3.27. The minimum absolute atomic E-state index is 0.0329. The lowest BCUT2D eigenvalue weighted by Gasteiger charge is -2.26. The number of rotatable bonds is 8. The van der Waals surface area contributed by atoms with Crippen LogP contribution in [0.5, 0.6) is 0 Å². The second-order valence-corrected chi connectivity index (χ2v) is 10.1. The number of aryl methyl sites for hydroxylation is 1. The van der Waals surface area contributed by atoms with Gasteiger partial charge in [-0.15, -0.1) is 0 Å². The summed E-state index contributed by atoms with van der Waals surface area (Å²) in [6.07, 6.45) is 4.63. The third-order valence-corrected chi connectivity index (χ3v) is 7.52. The average Bonchev–Trinajstić information content (AvgIpc) is 2.86. The molecule has 1 aliphatic rings. The van der Waals surface area contributed by atoms with Gasteiger partial charge in [0.15, 0.2) is 0 Å². The molecular formula is C26H30N2O5S. The first kappa shape index (κ1) is 25.5. The number of anilines is 1. The molecule has 0 heterocycles. The summed E-state index contributed by atoms with van der Waals surface area (Å²) < 4.78 is 33.2. The van der Waals surface area contributed by atoms with Crippen LogP contribution in [-0.2, 0) is 30.8 Å². The van der Waals surface area contributed by atoms with Gasteiger partial charge in [-0.1, -0.05) is 24.0 Å². The highest BCUT2D eigenvalue weighted by Gasteiger charge is 2.25. The van der Waals surface area contributed by atoms with Gasteiger partial charge in [-0.05, 0) is 68.0 Å². The van der Waals surface area contributed by atoms with Crippen LogP contribution in [0.15, 0.2) is 47.4 Å². The Bertz CT molecular complexity index is 1170. The van der Waals surface area contributed by atoms with Crippen LogP contribution in [0.3, 0.4) is 0 Å². The molecule has 1 fully saturated rings. The lowest BCUT2D eigenvalue weighted by atomic mass is 9.87. The molecule has 1 aliphatic carbocycles. The first-order valence-corrected chi connectivity index (χ1v) is 12.8. The monoisotopic (exact) mass is 482 g/mol. The second kappa shape index (κ2) is 11.8. The highest BCUT2D eigenvalue weighted by atomic mass is 32.2. The fraction of sp³-hybridized carbons (Fsp3) is 0.385. The van der Waals surface area contributed by atoms with Crippen LogP contribution in [0, 0.1) is 17.8 Å². The van der Waals surface area contributed by atoms with E-state index < -0.39 is 10.0 Å². The average molecular weight is 483 g/mol. The van der Waals surface area contributed by atoms with E-state index in [1.165, 1.54) is 7.11 Å². The SMILES string of the molecule is CNc1cc(S(=O)(=O)NC2CCC(C=O)CC2)ccc1C#Cc1ccc(CCC(=O)OC)cc1. The Morgan fingerprint density at radius 3 is 2.41 bits per heavy atom. The summed E-state index contributed by atoms with van der Waals surface area (Å²) in [5, 5.41) is 3.03. The fourth-order valence-corrected chi connectivity index (χ4v) is 5.24. The zero-order valence-corrected chi connectivity index (χ0v) is 20.3. The number of sulfonamides is 1. The minimum atomic E-state index is -3.68. The Labute approximate surface area is 201 Å². The van der Waals surface area contributed by atoms with Gasteiger partial charge in [0.2, 0.25) is 10.0 Å². The minimum Gasteiger partial charge on any atom is -0.469 e. The van der Waals surface area contributed by atoms with Crippen molar-refractivity contribution in [3.63, 3.8) is 0 Å². The number of carbonyl (C=O) groups is 2. The molecule has 0 radical (unpaired) electrons. The van der Waals surface area contributed by atoms with Crippen molar-refractivity contribution in [2.24, 2.45) is 5.92 Å². The number of aldehydes is 1. The van der Waals surface area contributed by atoms with Crippen molar-refractivity contribution in [2.75, 3.05) is 19.5 Å². The molecule has 2 N–H and O–H groups in total. The van der Waals surface area contributed by atoms with E-state index in [0.717, 1.165) is 17.4 Å². The van der Waals surface area contributed by atoms with Gasteiger partial charge in [0.05, 0.1) is 17.7 Å². The number of nitrogens with one attached hydrogen (secondary N) is 2. The molecular weight excluding hydrogens is 452 g/mol. The highest BCUT2D eigenvalue weighted by Crippen LogP contribution is 2.25. The molecule has 0 spiro atoms. The molecule has 8 heteroatoms. The van der Waals surface area contributed by atoms with Crippen molar-refractivity contribution in [1.82, 2.24) is 4.72 Å². The van der Waals surface area contributed by atoms with Crippen LogP contribution in [0.1, 0.15) is 48.8 Å². The first-order valence-electron chi connectivity index (χ1n) is 11.3. The van der Waals surface area contributed by atoms with Crippen molar-refractivity contribution in [3.8, 4) is 11.8 Å². The maximum absolute atomic E-state index is 12.9. The van der Waals surface area contributed by atoms with E-state index in [-0.39, 0.29) is 22.8 Å². The van der Waals surface area contributed by atoms with E-state index in [0.29, 0.717) is 49.8 Å². The molecule has 34 heavy (non-hydrogen) atoms. The topological polar surface area (TPSA) is 102 Å². The molecule has 0 aliphatic heterocycles. The molecule has 1 saturated carbocycles. The van der Waals surface area contributed by atoms with E-state index in [1.807, 2.05) is 24.3 Å². The van der Waals surface area contributed by atoms with Gasteiger partial charge in [0.25, 0.3) is 0 Å². The third-order valence-electron chi connectivity index (χ3n) is 6.00. The molecule has 0 amide bonds. The van der Waals surface area contributed by atoms with E-state index in [9.17, 15) is 18.0 Å². The maximum Gasteiger partial charge on any atom is 0.305 e. The molecule has 180 valence electrons.